The Morgan fingerprint density at radius 3 is 2.50 bits per heavy atom. The molecule has 0 bridgehead atoms. The van der Waals surface area contributed by atoms with Crippen molar-refractivity contribution in [2.75, 3.05) is 18.8 Å². The first kappa shape index (κ1) is 22.8. The summed E-state index contributed by atoms with van der Waals surface area (Å²) in [5, 5.41) is 9.58. The summed E-state index contributed by atoms with van der Waals surface area (Å²) in [5.74, 6) is 0.503. The summed E-state index contributed by atoms with van der Waals surface area (Å²) in [7, 11) is 0. The third kappa shape index (κ3) is 5.41. The summed E-state index contributed by atoms with van der Waals surface area (Å²) in [5.41, 5.74) is 1.18. The average Bonchev–Trinajstić information content (AvgIpc) is 3.62. The first-order chi connectivity index (χ1) is 16.6. The third-order valence-corrected chi connectivity index (χ3v) is 7.13. The van der Waals surface area contributed by atoms with Crippen molar-refractivity contribution in [3.8, 4) is 5.75 Å². The minimum atomic E-state index is -0.708. The summed E-state index contributed by atoms with van der Waals surface area (Å²) >= 11 is 1.42. The molecule has 0 unspecified atom stereocenters. The minimum Gasteiger partial charge on any atom is -0.487 e. The van der Waals surface area contributed by atoms with E-state index in [2.05, 4.69) is 26.9 Å². The van der Waals surface area contributed by atoms with Gasteiger partial charge in [-0.1, -0.05) is 42.1 Å². The molecular formula is C25H26F2N4O2S. The second kappa shape index (κ2) is 10.1. The maximum absolute atomic E-state index is 13.9. The number of hydrogen-bond acceptors (Lipinski definition) is 5. The molecule has 2 heterocycles. The third-order valence-electron chi connectivity index (χ3n) is 6.18. The molecule has 1 aliphatic carbocycles. The zero-order valence-corrected chi connectivity index (χ0v) is 19.5. The van der Waals surface area contributed by atoms with E-state index in [1.54, 1.807) is 0 Å². The summed E-state index contributed by atoms with van der Waals surface area (Å²) in [6, 6.07) is 13.5. The zero-order valence-electron chi connectivity index (χ0n) is 18.7. The van der Waals surface area contributed by atoms with Crippen molar-refractivity contribution in [3.63, 3.8) is 0 Å². The van der Waals surface area contributed by atoms with E-state index in [9.17, 15) is 13.6 Å². The molecule has 3 aromatic rings. The Kier molecular flexibility index (Phi) is 6.80. The van der Waals surface area contributed by atoms with Crippen LogP contribution in [0.25, 0.3) is 0 Å². The minimum absolute atomic E-state index is 0.0404. The van der Waals surface area contributed by atoms with Crippen molar-refractivity contribution in [2.24, 2.45) is 0 Å². The second-order valence-corrected chi connectivity index (χ2v) is 9.69. The fraction of sp³-hybridized carbons (Fsp3) is 0.400. The van der Waals surface area contributed by atoms with Gasteiger partial charge in [-0.25, -0.2) is 8.78 Å². The number of piperidine rings is 1. The molecule has 1 saturated carbocycles. The number of aromatic nitrogens is 3. The molecule has 0 atom stereocenters. The fourth-order valence-corrected chi connectivity index (χ4v) is 5.00. The van der Waals surface area contributed by atoms with Gasteiger partial charge in [0.2, 0.25) is 5.91 Å². The van der Waals surface area contributed by atoms with Crippen LogP contribution in [0.15, 0.2) is 53.7 Å². The van der Waals surface area contributed by atoms with Gasteiger partial charge in [0.25, 0.3) is 0 Å². The lowest BCUT2D eigenvalue weighted by atomic mass is 10.1. The Bertz CT molecular complexity index is 1150. The maximum atomic E-state index is 13.9. The van der Waals surface area contributed by atoms with Crippen molar-refractivity contribution >= 4 is 17.7 Å². The van der Waals surface area contributed by atoms with E-state index >= 15 is 0 Å². The zero-order chi connectivity index (χ0) is 23.5. The van der Waals surface area contributed by atoms with E-state index in [-0.39, 0.29) is 23.5 Å². The molecule has 0 radical (unpaired) electrons. The van der Waals surface area contributed by atoms with Gasteiger partial charge in [-0.3, -0.25) is 4.79 Å². The molecule has 1 amide bonds. The lowest BCUT2D eigenvalue weighted by Gasteiger charge is -2.32. The number of ether oxygens (including phenoxy) is 1. The van der Waals surface area contributed by atoms with E-state index in [4.69, 9.17) is 4.74 Å². The number of benzene rings is 2. The van der Waals surface area contributed by atoms with Crippen molar-refractivity contribution in [1.82, 2.24) is 19.7 Å². The molecule has 5 rings (SSSR count). The van der Waals surface area contributed by atoms with Crippen LogP contribution in [0.3, 0.4) is 0 Å². The highest BCUT2D eigenvalue weighted by atomic mass is 32.2. The van der Waals surface area contributed by atoms with Crippen LogP contribution in [0.1, 0.15) is 43.0 Å². The molecule has 0 N–H and O–H groups in total. The predicted octanol–water partition coefficient (Wildman–Crippen LogP) is 4.64. The van der Waals surface area contributed by atoms with Crippen molar-refractivity contribution in [1.29, 1.82) is 0 Å². The predicted molar refractivity (Wildman–Crippen MR) is 125 cm³/mol. The normalized spacial score (nSPS) is 16.6. The highest BCUT2D eigenvalue weighted by Crippen LogP contribution is 2.40. The number of rotatable bonds is 8. The smallest absolute Gasteiger partial charge is 0.233 e. The van der Waals surface area contributed by atoms with E-state index in [0.717, 1.165) is 29.9 Å². The molecule has 1 saturated heterocycles. The Balaban J connectivity index is 1.15. The van der Waals surface area contributed by atoms with Crippen LogP contribution in [-0.4, -0.2) is 50.5 Å². The molecular weight excluding hydrogens is 458 g/mol. The molecule has 0 spiro atoms. The summed E-state index contributed by atoms with van der Waals surface area (Å²) in [6.45, 7) is 1.77. The Morgan fingerprint density at radius 1 is 1.03 bits per heavy atom. The van der Waals surface area contributed by atoms with Crippen LogP contribution in [0.2, 0.25) is 0 Å². The van der Waals surface area contributed by atoms with Gasteiger partial charge in [0, 0.05) is 37.9 Å². The first-order valence-electron chi connectivity index (χ1n) is 11.6. The fourth-order valence-electron chi connectivity index (χ4n) is 4.16. The highest BCUT2D eigenvalue weighted by Gasteiger charge is 2.31. The van der Waals surface area contributed by atoms with Gasteiger partial charge in [0.1, 0.15) is 17.7 Å². The van der Waals surface area contributed by atoms with Crippen molar-refractivity contribution in [3.05, 3.63) is 71.6 Å². The summed E-state index contributed by atoms with van der Waals surface area (Å²) in [6.07, 6.45) is 3.27. The van der Waals surface area contributed by atoms with Gasteiger partial charge in [0.15, 0.2) is 16.7 Å². The number of carbonyl (C=O) groups excluding carboxylic acids is 1. The lowest BCUT2D eigenvalue weighted by molar-refractivity contribution is -0.130. The van der Waals surface area contributed by atoms with Gasteiger partial charge in [-0.05, 0) is 30.5 Å². The van der Waals surface area contributed by atoms with E-state index in [0.29, 0.717) is 38.4 Å². The van der Waals surface area contributed by atoms with E-state index < -0.39 is 11.6 Å². The monoisotopic (exact) mass is 484 g/mol. The largest absolute Gasteiger partial charge is 0.487 e. The molecule has 9 heteroatoms. The van der Waals surface area contributed by atoms with Crippen molar-refractivity contribution < 1.29 is 18.3 Å². The average molecular weight is 485 g/mol. The van der Waals surface area contributed by atoms with Gasteiger partial charge >= 0.3 is 0 Å². The van der Waals surface area contributed by atoms with Crippen LogP contribution >= 0.6 is 11.8 Å². The molecule has 2 aromatic carbocycles. The molecule has 6 nitrogen and oxygen atoms in total. The Labute approximate surface area is 201 Å². The topological polar surface area (TPSA) is 60.2 Å². The van der Waals surface area contributed by atoms with Gasteiger partial charge in [-0.15, -0.1) is 10.2 Å². The summed E-state index contributed by atoms with van der Waals surface area (Å²) in [4.78, 5) is 14.7. The number of likely N-dealkylation sites (tertiary alicyclic amines) is 1. The number of nitrogens with zero attached hydrogens (tertiary/aromatic N) is 4. The SMILES string of the molecule is O=C(CSc1nnc(C2CC2)n1Cc1ccccc1)N1CCC(Oc2ccc(F)cc2F)CC1. The highest BCUT2D eigenvalue weighted by molar-refractivity contribution is 7.99. The lowest BCUT2D eigenvalue weighted by Crippen LogP contribution is -2.42. The standard InChI is InChI=1S/C25H26F2N4O2S/c26-19-8-9-22(21(27)14-19)33-20-10-12-30(13-11-20)23(32)16-34-25-29-28-24(18-6-7-18)31(25)15-17-4-2-1-3-5-17/h1-5,8-9,14,18,20H,6-7,10-13,15-16H2. The number of halogens is 2. The number of carbonyl (C=O) groups is 1. The molecule has 1 aliphatic heterocycles. The summed E-state index contributed by atoms with van der Waals surface area (Å²) < 4.78 is 34.8. The van der Waals surface area contributed by atoms with Crippen LogP contribution in [0, 0.1) is 11.6 Å². The first-order valence-corrected chi connectivity index (χ1v) is 12.5. The Morgan fingerprint density at radius 2 is 1.79 bits per heavy atom. The van der Waals surface area contributed by atoms with Gasteiger partial charge in [-0.2, -0.15) is 0 Å². The maximum Gasteiger partial charge on any atom is 0.233 e. The quantitative estimate of drug-likeness (QED) is 0.436. The van der Waals surface area contributed by atoms with Crippen molar-refractivity contribution in [2.45, 2.75) is 49.4 Å². The van der Waals surface area contributed by atoms with Crippen LogP contribution < -0.4 is 4.74 Å². The number of amides is 1. The van der Waals surface area contributed by atoms with Crippen LogP contribution in [0.5, 0.6) is 5.75 Å². The Hall–Kier alpha value is -2.94. The number of thioether (sulfide) groups is 1. The van der Waals surface area contributed by atoms with Gasteiger partial charge in [0.05, 0.1) is 12.3 Å². The van der Waals surface area contributed by atoms with E-state index in [1.165, 1.54) is 29.5 Å². The molecule has 1 aromatic heterocycles. The second-order valence-electron chi connectivity index (χ2n) is 8.75. The molecule has 2 fully saturated rings. The van der Waals surface area contributed by atoms with Crippen LogP contribution in [0.4, 0.5) is 8.78 Å². The number of hydrogen-bond donors (Lipinski definition) is 0. The van der Waals surface area contributed by atoms with E-state index in [1.807, 2.05) is 23.1 Å². The molecule has 2 aliphatic rings. The molecule has 178 valence electrons. The molecule has 34 heavy (non-hydrogen) atoms. The van der Waals surface area contributed by atoms with Gasteiger partial charge < -0.3 is 14.2 Å². The van der Waals surface area contributed by atoms with Crippen LogP contribution in [-0.2, 0) is 11.3 Å².